The molecule has 2 aromatic heterocycles. The van der Waals surface area contributed by atoms with Gasteiger partial charge in [-0.05, 0) is 42.5 Å². The van der Waals surface area contributed by atoms with Gasteiger partial charge in [0.1, 0.15) is 18.0 Å². The number of ether oxygens (including phenoxy) is 2. The fraction of sp³-hybridized carbons (Fsp3) is 0.240. The van der Waals surface area contributed by atoms with E-state index in [1.807, 2.05) is 12.1 Å². The molecule has 2 unspecified atom stereocenters. The van der Waals surface area contributed by atoms with Crippen molar-refractivity contribution in [2.24, 2.45) is 11.8 Å². The lowest BCUT2D eigenvalue weighted by atomic mass is 10.2. The molecular formula is C25H22ClFN6O3. The van der Waals surface area contributed by atoms with Crippen molar-refractivity contribution in [1.82, 2.24) is 19.9 Å². The summed E-state index contributed by atoms with van der Waals surface area (Å²) in [4.78, 5) is 29.4. The first-order valence-electron chi connectivity index (χ1n) is 11.2. The van der Waals surface area contributed by atoms with Crippen LogP contribution in [0.5, 0.6) is 11.5 Å². The zero-order valence-electron chi connectivity index (χ0n) is 19.5. The molecular weight excluding hydrogens is 487 g/mol. The number of hydrogen-bond donors (Lipinski definition) is 2. The van der Waals surface area contributed by atoms with Crippen molar-refractivity contribution in [3.63, 3.8) is 0 Å². The molecule has 0 saturated heterocycles. The van der Waals surface area contributed by atoms with Gasteiger partial charge in [-0.2, -0.15) is 0 Å². The number of amides is 1. The predicted octanol–water partition coefficient (Wildman–Crippen LogP) is 5.25. The molecule has 9 nitrogen and oxygen atoms in total. The smallest absolute Gasteiger partial charge is 0.258 e. The molecule has 1 saturated carbocycles. The summed E-state index contributed by atoms with van der Waals surface area (Å²) in [6, 6.07) is 7.34. The maximum absolute atomic E-state index is 13.3. The summed E-state index contributed by atoms with van der Waals surface area (Å²) >= 11 is 5.74. The van der Waals surface area contributed by atoms with E-state index in [0.717, 1.165) is 11.5 Å². The maximum Gasteiger partial charge on any atom is 0.258 e. The average molecular weight is 509 g/mol. The molecule has 1 fully saturated rings. The summed E-state index contributed by atoms with van der Waals surface area (Å²) in [6.07, 6.45) is 5.63. The molecule has 5 rings (SSSR count). The standard InChI is InChI=1S/C25H22ClFN6O3/c1-13-5-15(13)11-36-22-8-20-17(7-21(22)35-2)23(31-12-30-20)32-16-9-28-25(29-10-16)33-24(34)14-3-4-19(27)18(26)6-14/h3-4,6-10,12-13,15H,5,11H2,1-2H3,(H,30,31,32)(H,28,29,33,34). The van der Waals surface area contributed by atoms with Crippen LogP contribution in [0.1, 0.15) is 23.7 Å². The highest BCUT2D eigenvalue weighted by Gasteiger charge is 2.33. The van der Waals surface area contributed by atoms with Gasteiger partial charge < -0.3 is 14.8 Å². The highest BCUT2D eigenvalue weighted by Crippen LogP contribution is 2.40. The van der Waals surface area contributed by atoms with Crippen LogP contribution in [0.4, 0.5) is 21.8 Å². The largest absolute Gasteiger partial charge is 0.493 e. The van der Waals surface area contributed by atoms with Crippen LogP contribution in [0.3, 0.4) is 0 Å². The molecule has 1 aliphatic carbocycles. The first kappa shape index (κ1) is 23.7. The quantitative estimate of drug-likeness (QED) is 0.332. The third-order valence-corrected chi connectivity index (χ3v) is 6.26. The van der Waals surface area contributed by atoms with Crippen molar-refractivity contribution >= 4 is 45.9 Å². The molecule has 2 aromatic carbocycles. The van der Waals surface area contributed by atoms with Gasteiger partial charge in [0.2, 0.25) is 5.95 Å². The summed E-state index contributed by atoms with van der Waals surface area (Å²) in [6.45, 7) is 2.86. The van der Waals surface area contributed by atoms with Crippen LogP contribution in [-0.2, 0) is 0 Å². The molecule has 184 valence electrons. The molecule has 1 amide bonds. The monoisotopic (exact) mass is 508 g/mol. The van der Waals surface area contributed by atoms with Gasteiger partial charge in [0, 0.05) is 17.0 Å². The molecule has 36 heavy (non-hydrogen) atoms. The molecule has 0 bridgehead atoms. The van der Waals surface area contributed by atoms with Gasteiger partial charge in [0.05, 0.1) is 42.3 Å². The lowest BCUT2D eigenvalue weighted by molar-refractivity contribution is 0.102. The van der Waals surface area contributed by atoms with Crippen molar-refractivity contribution in [3.05, 3.63) is 65.5 Å². The van der Waals surface area contributed by atoms with E-state index in [2.05, 4.69) is 37.5 Å². The van der Waals surface area contributed by atoms with Crippen molar-refractivity contribution in [3.8, 4) is 11.5 Å². The second kappa shape index (κ2) is 9.90. The number of fused-ring (bicyclic) bond motifs is 1. The number of methoxy groups -OCH3 is 1. The molecule has 0 aliphatic heterocycles. The Morgan fingerprint density at radius 3 is 2.61 bits per heavy atom. The van der Waals surface area contributed by atoms with E-state index in [-0.39, 0.29) is 16.5 Å². The molecule has 2 N–H and O–H groups in total. The van der Waals surface area contributed by atoms with Crippen LogP contribution in [0.25, 0.3) is 10.9 Å². The second-order valence-electron chi connectivity index (χ2n) is 8.53. The van der Waals surface area contributed by atoms with Gasteiger partial charge in [-0.1, -0.05) is 18.5 Å². The van der Waals surface area contributed by atoms with Crippen LogP contribution in [0.15, 0.2) is 49.1 Å². The van der Waals surface area contributed by atoms with Gasteiger partial charge >= 0.3 is 0 Å². The van der Waals surface area contributed by atoms with Crippen LogP contribution in [0, 0.1) is 17.7 Å². The Balaban J connectivity index is 1.31. The van der Waals surface area contributed by atoms with Crippen LogP contribution >= 0.6 is 11.6 Å². The number of carbonyl (C=O) groups is 1. The van der Waals surface area contributed by atoms with Crippen molar-refractivity contribution in [2.75, 3.05) is 24.4 Å². The summed E-state index contributed by atoms with van der Waals surface area (Å²) < 4.78 is 24.9. The minimum absolute atomic E-state index is 0.0759. The Morgan fingerprint density at radius 1 is 1.14 bits per heavy atom. The van der Waals surface area contributed by atoms with Gasteiger partial charge in [-0.25, -0.2) is 24.3 Å². The lowest BCUT2D eigenvalue weighted by Crippen LogP contribution is -2.14. The number of nitrogens with one attached hydrogen (secondary N) is 2. The molecule has 0 spiro atoms. The SMILES string of the molecule is COc1cc2c(Nc3cnc(NC(=O)c4ccc(F)c(Cl)c4)nc3)ncnc2cc1OCC1CC1C. The van der Waals surface area contributed by atoms with Crippen LogP contribution in [-0.4, -0.2) is 39.6 Å². The zero-order valence-corrected chi connectivity index (χ0v) is 20.2. The summed E-state index contributed by atoms with van der Waals surface area (Å²) in [5, 5.41) is 6.30. The fourth-order valence-corrected chi connectivity index (χ4v) is 3.85. The molecule has 2 atom stereocenters. The zero-order chi connectivity index (χ0) is 25.2. The number of anilines is 3. The van der Waals surface area contributed by atoms with Crippen LogP contribution < -0.4 is 20.1 Å². The Hall–Kier alpha value is -4.05. The minimum Gasteiger partial charge on any atom is -0.493 e. The Bertz CT molecular complexity index is 1440. The van der Waals surface area contributed by atoms with Crippen molar-refractivity contribution < 1.29 is 18.7 Å². The molecule has 11 heteroatoms. The van der Waals surface area contributed by atoms with Crippen molar-refractivity contribution in [1.29, 1.82) is 0 Å². The summed E-state index contributed by atoms with van der Waals surface area (Å²) in [5.41, 5.74) is 1.42. The third-order valence-electron chi connectivity index (χ3n) is 5.97. The summed E-state index contributed by atoms with van der Waals surface area (Å²) in [7, 11) is 1.59. The number of hydrogen-bond acceptors (Lipinski definition) is 8. The number of rotatable bonds is 8. The van der Waals surface area contributed by atoms with Gasteiger partial charge in [-0.3, -0.25) is 10.1 Å². The topological polar surface area (TPSA) is 111 Å². The third kappa shape index (κ3) is 5.13. The maximum atomic E-state index is 13.3. The Morgan fingerprint density at radius 2 is 1.92 bits per heavy atom. The minimum atomic E-state index is -0.605. The molecule has 4 aromatic rings. The summed E-state index contributed by atoms with van der Waals surface area (Å²) in [5.74, 6) is 1.98. The molecule has 2 heterocycles. The first-order valence-corrected chi connectivity index (χ1v) is 11.6. The van der Waals surface area contributed by atoms with Gasteiger partial charge in [0.25, 0.3) is 5.91 Å². The van der Waals surface area contributed by atoms with Gasteiger partial charge in [-0.15, -0.1) is 0 Å². The fourth-order valence-electron chi connectivity index (χ4n) is 3.67. The number of nitrogens with zero attached hydrogens (tertiary/aromatic N) is 4. The first-order chi connectivity index (χ1) is 17.4. The molecule has 0 radical (unpaired) electrons. The van der Waals surface area contributed by atoms with E-state index >= 15 is 0 Å². The highest BCUT2D eigenvalue weighted by atomic mass is 35.5. The molecule has 1 aliphatic rings. The number of benzene rings is 2. The normalized spacial score (nSPS) is 16.4. The predicted molar refractivity (Wildman–Crippen MR) is 134 cm³/mol. The second-order valence-corrected chi connectivity index (χ2v) is 8.94. The number of aromatic nitrogens is 4. The lowest BCUT2D eigenvalue weighted by Gasteiger charge is -2.13. The Kier molecular flexibility index (Phi) is 6.51. The van der Waals surface area contributed by atoms with E-state index in [1.165, 1.54) is 37.3 Å². The average Bonchev–Trinajstić information content (AvgIpc) is 3.60. The van der Waals surface area contributed by atoms with Crippen LogP contribution in [0.2, 0.25) is 5.02 Å². The van der Waals surface area contributed by atoms with Gasteiger partial charge in [0.15, 0.2) is 11.5 Å². The van der Waals surface area contributed by atoms with E-state index in [4.69, 9.17) is 21.1 Å². The van der Waals surface area contributed by atoms with E-state index in [9.17, 15) is 9.18 Å². The van der Waals surface area contributed by atoms with Crippen molar-refractivity contribution in [2.45, 2.75) is 13.3 Å². The number of halogens is 2. The van der Waals surface area contributed by atoms with E-state index in [1.54, 1.807) is 7.11 Å². The van der Waals surface area contributed by atoms with E-state index < -0.39 is 11.7 Å². The highest BCUT2D eigenvalue weighted by molar-refractivity contribution is 6.31. The Labute approximate surface area is 211 Å². The van der Waals surface area contributed by atoms with E-state index in [0.29, 0.717) is 47.0 Å². The number of carbonyl (C=O) groups excluding carboxylic acids is 1.